The molecular weight excluding hydrogens is 400 g/mol. The third kappa shape index (κ3) is 4.66. The van der Waals surface area contributed by atoms with Crippen LogP contribution in [-0.2, 0) is 6.42 Å². The number of carbonyl (C=O) groups excluding carboxylic acids is 1. The Kier molecular flexibility index (Phi) is 6.05. The fraction of sp³-hybridized carbons (Fsp3) is 0.136. The number of thiophene rings is 1. The van der Waals surface area contributed by atoms with E-state index in [1.165, 1.54) is 0 Å². The quantitative estimate of drug-likeness (QED) is 0.416. The normalized spacial score (nSPS) is 10.6. The van der Waals surface area contributed by atoms with E-state index >= 15 is 0 Å². The fourth-order valence-corrected chi connectivity index (χ4v) is 3.57. The van der Waals surface area contributed by atoms with E-state index in [0.29, 0.717) is 41.9 Å². The highest BCUT2D eigenvalue weighted by Crippen LogP contribution is 2.26. The van der Waals surface area contributed by atoms with Gasteiger partial charge in [-0.15, -0.1) is 11.3 Å². The number of amides is 2. The van der Waals surface area contributed by atoms with Gasteiger partial charge < -0.3 is 19.9 Å². The van der Waals surface area contributed by atoms with Gasteiger partial charge in [0.15, 0.2) is 0 Å². The first kappa shape index (κ1) is 19.7. The summed E-state index contributed by atoms with van der Waals surface area (Å²) in [5, 5.41) is 11.7. The second kappa shape index (κ2) is 9.23. The number of hydrogen-bond donors (Lipinski definition) is 2. The lowest BCUT2D eigenvalue weighted by Crippen LogP contribution is -2.20. The number of anilines is 2. The lowest BCUT2D eigenvalue weighted by atomic mass is 10.1. The number of nitrogens with zero attached hydrogens (tertiary/aromatic N) is 2. The van der Waals surface area contributed by atoms with Gasteiger partial charge in [-0.3, -0.25) is 0 Å². The number of ether oxygens (including phenoxy) is 1. The number of urea groups is 1. The Morgan fingerprint density at radius 2 is 1.80 bits per heavy atom. The van der Waals surface area contributed by atoms with E-state index in [4.69, 9.17) is 9.26 Å². The molecule has 0 saturated heterocycles. The number of para-hydroxylation sites is 3. The first-order valence-corrected chi connectivity index (χ1v) is 10.3. The van der Waals surface area contributed by atoms with E-state index in [2.05, 4.69) is 20.8 Å². The fourth-order valence-electron chi connectivity index (χ4n) is 2.92. The van der Waals surface area contributed by atoms with E-state index in [9.17, 15) is 4.79 Å². The average molecular weight is 420 g/mol. The van der Waals surface area contributed by atoms with E-state index in [0.717, 1.165) is 10.4 Å². The van der Waals surface area contributed by atoms with Crippen molar-refractivity contribution in [1.82, 2.24) is 10.1 Å². The first-order chi connectivity index (χ1) is 14.7. The lowest BCUT2D eigenvalue weighted by molar-refractivity contribution is 0.262. The molecule has 0 saturated carbocycles. The zero-order valence-electron chi connectivity index (χ0n) is 16.3. The molecule has 7 nitrogen and oxygen atoms in total. The SMILES string of the molecule is CCOc1ccccc1NC(=O)Nc1ccccc1Cc1nc(-c2cccs2)no1. The Bertz CT molecular complexity index is 1120. The molecule has 0 spiro atoms. The molecule has 152 valence electrons. The van der Waals surface area contributed by atoms with Gasteiger partial charge in [0.2, 0.25) is 11.7 Å². The largest absolute Gasteiger partial charge is 0.492 e. The number of benzene rings is 2. The number of nitrogens with one attached hydrogen (secondary N) is 2. The minimum Gasteiger partial charge on any atom is -0.492 e. The van der Waals surface area contributed by atoms with Gasteiger partial charge in [-0.05, 0) is 42.1 Å². The molecule has 4 rings (SSSR count). The van der Waals surface area contributed by atoms with Crippen molar-refractivity contribution in [3.63, 3.8) is 0 Å². The molecule has 2 aromatic heterocycles. The first-order valence-electron chi connectivity index (χ1n) is 9.47. The van der Waals surface area contributed by atoms with Crippen LogP contribution >= 0.6 is 11.3 Å². The summed E-state index contributed by atoms with van der Waals surface area (Å²) in [6.07, 6.45) is 0.407. The minimum atomic E-state index is -0.362. The summed E-state index contributed by atoms with van der Waals surface area (Å²) in [4.78, 5) is 18.0. The number of aromatic nitrogens is 2. The molecule has 0 aliphatic carbocycles. The highest BCUT2D eigenvalue weighted by atomic mass is 32.1. The summed E-state index contributed by atoms with van der Waals surface area (Å²) >= 11 is 1.55. The molecule has 0 aliphatic rings. The molecule has 0 aliphatic heterocycles. The van der Waals surface area contributed by atoms with E-state index < -0.39 is 0 Å². The van der Waals surface area contributed by atoms with Crippen LogP contribution in [0, 0.1) is 0 Å². The van der Waals surface area contributed by atoms with Gasteiger partial charge >= 0.3 is 6.03 Å². The third-order valence-corrected chi connectivity index (χ3v) is 5.12. The molecule has 0 unspecified atom stereocenters. The Balaban J connectivity index is 1.47. The summed E-state index contributed by atoms with van der Waals surface area (Å²) in [6.45, 7) is 2.41. The van der Waals surface area contributed by atoms with Crippen molar-refractivity contribution in [3.05, 3.63) is 77.5 Å². The number of carbonyl (C=O) groups is 1. The number of rotatable bonds is 7. The molecule has 2 aromatic carbocycles. The van der Waals surface area contributed by atoms with Gasteiger partial charge in [-0.1, -0.05) is 41.6 Å². The smallest absolute Gasteiger partial charge is 0.323 e. The van der Waals surface area contributed by atoms with Crippen LogP contribution in [0.25, 0.3) is 10.7 Å². The zero-order chi connectivity index (χ0) is 20.8. The van der Waals surface area contributed by atoms with Crippen molar-refractivity contribution in [3.8, 4) is 16.5 Å². The van der Waals surface area contributed by atoms with E-state index in [1.807, 2.05) is 66.9 Å². The Morgan fingerprint density at radius 3 is 2.60 bits per heavy atom. The van der Waals surface area contributed by atoms with Crippen molar-refractivity contribution >= 4 is 28.7 Å². The number of hydrogen-bond acceptors (Lipinski definition) is 6. The highest BCUT2D eigenvalue weighted by molar-refractivity contribution is 7.13. The van der Waals surface area contributed by atoms with Gasteiger partial charge in [-0.2, -0.15) is 4.98 Å². The van der Waals surface area contributed by atoms with Gasteiger partial charge in [-0.25, -0.2) is 4.79 Å². The van der Waals surface area contributed by atoms with Crippen molar-refractivity contribution in [2.75, 3.05) is 17.2 Å². The lowest BCUT2D eigenvalue weighted by Gasteiger charge is -2.13. The topological polar surface area (TPSA) is 89.3 Å². The molecule has 0 radical (unpaired) electrons. The molecule has 0 bridgehead atoms. The van der Waals surface area contributed by atoms with Crippen molar-refractivity contribution in [2.45, 2.75) is 13.3 Å². The standard InChI is InChI=1S/C22H20N4O3S/c1-2-28-18-11-6-5-10-17(18)24-22(27)23-16-9-4-3-8-15(16)14-20-25-21(26-29-20)19-12-7-13-30-19/h3-13H,2,14H2,1H3,(H2,23,24,27). The van der Waals surface area contributed by atoms with Crippen LogP contribution in [0.1, 0.15) is 18.4 Å². The molecule has 8 heteroatoms. The third-order valence-electron chi connectivity index (χ3n) is 4.25. The summed E-state index contributed by atoms with van der Waals surface area (Å²) in [5.41, 5.74) is 2.14. The summed E-state index contributed by atoms with van der Waals surface area (Å²) in [6, 6.07) is 18.3. The maximum atomic E-state index is 12.6. The molecule has 2 heterocycles. The summed E-state index contributed by atoms with van der Waals surface area (Å²) in [5.74, 6) is 1.67. The van der Waals surface area contributed by atoms with Crippen molar-refractivity contribution in [2.24, 2.45) is 0 Å². The van der Waals surface area contributed by atoms with E-state index in [-0.39, 0.29) is 6.03 Å². The molecular formula is C22H20N4O3S. The average Bonchev–Trinajstić information content (AvgIpc) is 3.43. The zero-order valence-corrected chi connectivity index (χ0v) is 17.1. The molecule has 4 aromatic rings. The van der Waals surface area contributed by atoms with Crippen molar-refractivity contribution < 1.29 is 14.1 Å². The predicted octanol–water partition coefficient (Wildman–Crippen LogP) is 5.43. The van der Waals surface area contributed by atoms with Crippen molar-refractivity contribution in [1.29, 1.82) is 0 Å². The molecule has 2 N–H and O–H groups in total. The van der Waals surface area contributed by atoms with Crippen LogP contribution in [0.15, 0.2) is 70.6 Å². The van der Waals surface area contributed by atoms with Crippen LogP contribution in [0.2, 0.25) is 0 Å². The monoisotopic (exact) mass is 420 g/mol. The van der Waals surface area contributed by atoms with Crippen LogP contribution in [0.3, 0.4) is 0 Å². The summed E-state index contributed by atoms with van der Waals surface area (Å²) < 4.78 is 10.9. The molecule has 0 atom stereocenters. The second-order valence-electron chi connectivity index (χ2n) is 6.33. The maximum absolute atomic E-state index is 12.6. The predicted molar refractivity (Wildman–Crippen MR) is 117 cm³/mol. The Morgan fingerprint density at radius 1 is 1.03 bits per heavy atom. The maximum Gasteiger partial charge on any atom is 0.323 e. The van der Waals surface area contributed by atoms with Crippen LogP contribution in [0.4, 0.5) is 16.2 Å². The highest BCUT2D eigenvalue weighted by Gasteiger charge is 2.14. The molecule has 0 fully saturated rings. The minimum absolute atomic E-state index is 0.362. The summed E-state index contributed by atoms with van der Waals surface area (Å²) in [7, 11) is 0. The Labute approximate surface area is 177 Å². The van der Waals surface area contributed by atoms with Crippen LogP contribution in [0.5, 0.6) is 5.75 Å². The molecule has 2 amide bonds. The molecule has 30 heavy (non-hydrogen) atoms. The van der Waals surface area contributed by atoms with Crippen LogP contribution in [-0.4, -0.2) is 22.8 Å². The van der Waals surface area contributed by atoms with Gasteiger partial charge in [0.05, 0.1) is 23.6 Å². The Hall–Kier alpha value is -3.65. The second-order valence-corrected chi connectivity index (χ2v) is 7.28. The van der Waals surface area contributed by atoms with Crippen LogP contribution < -0.4 is 15.4 Å². The van der Waals surface area contributed by atoms with E-state index in [1.54, 1.807) is 17.4 Å². The van der Waals surface area contributed by atoms with Gasteiger partial charge in [0.25, 0.3) is 0 Å². The van der Waals surface area contributed by atoms with Gasteiger partial charge in [0, 0.05) is 5.69 Å². The van der Waals surface area contributed by atoms with Gasteiger partial charge in [0.1, 0.15) is 5.75 Å².